The predicted molar refractivity (Wildman–Crippen MR) is 183 cm³/mol. The Kier molecular flexibility index (Phi) is 14.2. The number of fused-ring (bicyclic) bond motifs is 5. The van der Waals surface area contributed by atoms with E-state index in [4.69, 9.17) is 20.9 Å². The van der Waals surface area contributed by atoms with Gasteiger partial charge in [-0.15, -0.1) is 0 Å². The molecule has 0 saturated heterocycles. The zero-order valence-electron chi connectivity index (χ0n) is 28.9. The SMILES string of the molecule is CC(=O)N[C@@H](CO)C(=O)N(C)[C@@H]1C(=O)N[C@@H](C)C(=O)N[C@H](C(=O)N[C@@H](C)C(C)=O)Cc2ccc(OCCN)c(c2)-c2cc1ccc2OCCN. The lowest BCUT2D eigenvalue weighted by Gasteiger charge is -2.32. The smallest absolute Gasteiger partial charge is 0.248 e. The number of aliphatic hydroxyl groups excluding tert-OH is 1. The van der Waals surface area contributed by atoms with Crippen molar-refractivity contribution in [3.63, 3.8) is 0 Å². The van der Waals surface area contributed by atoms with Crippen molar-refractivity contribution in [3.8, 4) is 22.6 Å². The average molecular weight is 698 g/mol. The summed E-state index contributed by atoms with van der Waals surface area (Å²) in [5.41, 5.74) is 13.3. The van der Waals surface area contributed by atoms with Crippen LogP contribution >= 0.6 is 0 Å². The Bertz CT molecular complexity index is 1580. The molecule has 2 aromatic carbocycles. The summed E-state index contributed by atoms with van der Waals surface area (Å²) in [6.45, 7) is 5.40. The number of hydrogen-bond acceptors (Lipinski definition) is 11. The van der Waals surface area contributed by atoms with Crippen LogP contribution in [0.25, 0.3) is 11.1 Å². The van der Waals surface area contributed by atoms with Gasteiger partial charge in [-0.2, -0.15) is 0 Å². The largest absolute Gasteiger partial charge is 0.492 e. The lowest BCUT2D eigenvalue weighted by molar-refractivity contribution is -0.143. The van der Waals surface area contributed by atoms with Crippen molar-refractivity contribution in [1.82, 2.24) is 26.2 Å². The van der Waals surface area contributed by atoms with E-state index in [1.807, 2.05) is 0 Å². The van der Waals surface area contributed by atoms with Crippen molar-refractivity contribution < 1.29 is 43.3 Å². The minimum atomic E-state index is -1.39. The molecule has 5 amide bonds. The van der Waals surface area contributed by atoms with Crippen LogP contribution in [0.3, 0.4) is 0 Å². The molecule has 272 valence electrons. The highest BCUT2D eigenvalue weighted by Gasteiger charge is 2.36. The molecule has 3 rings (SSSR count). The van der Waals surface area contributed by atoms with E-state index in [0.29, 0.717) is 33.8 Å². The molecule has 2 aromatic rings. The Morgan fingerprint density at radius 3 is 2.10 bits per heavy atom. The molecule has 0 unspecified atom stereocenters. The standard InChI is InChI=1S/C34H47N7O9/c1-18(20(3)43)37-32(46)26-15-22-6-8-28(49-12-10-35)24(14-22)25-16-23(7-9-29(25)50-13-11-36)30(33(47)38-19(2)31(45)40-26)41(5)34(48)27(17-42)39-21(4)44/h6-9,14,16,18-19,26-27,30,42H,10-13,15,17,35-36H2,1-5H3,(H,37,46)(H,38,47)(H,39,44)(H,40,45)/t18-,19-,26-,27-,30-/m0/s1. The van der Waals surface area contributed by atoms with Gasteiger partial charge in [-0.05, 0) is 56.2 Å². The second-order valence-corrected chi connectivity index (χ2v) is 12.0. The maximum absolute atomic E-state index is 14.1. The van der Waals surface area contributed by atoms with Crippen molar-refractivity contribution in [2.24, 2.45) is 11.5 Å². The number of Topliss-reactive ketones (excluding diaryl/α,β-unsaturated/α-hetero) is 1. The van der Waals surface area contributed by atoms with Crippen LogP contribution in [0.2, 0.25) is 0 Å². The van der Waals surface area contributed by atoms with Crippen molar-refractivity contribution in [3.05, 3.63) is 47.5 Å². The number of likely N-dealkylation sites (N-methyl/N-ethyl adjacent to an activating group) is 1. The summed E-state index contributed by atoms with van der Waals surface area (Å²) in [5, 5.41) is 20.2. The summed E-state index contributed by atoms with van der Waals surface area (Å²) in [5.74, 6) is -2.99. The van der Waals surface area contributed by atoms with Crippen molar-refractivity contribution in [1.29, 1.82) is 0 Å². The van der Waals surface area contributed by atoms with Crippen LogP contribution in [0.5, 0.6) is 11.5 Å². The molecule has 0 saturated carbocycles. The molecule has 4 bridgehead atoms. The number of amides is 5. The number of carbonyl (C=O) groups is 6. The molecule has 5 atom stereocenters. The number of nitrogens with one attached hydrogen (secondary N) is 4. The summed E-state index contributed by atoms with van der Waals surface area (Å²) >= 11 is 0. The molecule has 0 radical (unpaired) electrons. The van der Waals surface area contributed by atoms with Crippen LogP contribution in [0.15, 0.2) is 36.4 Å². The van der Waals surface area contributed by atoms with Gasteiger partial charge in [-0.25, -0.2) is 0 Å². The van der Waals surface area contributed by atoms with Gasteiger partial charge < -0.3 is 52.2 Å². The van der Waals surface area contributed by atoms with Crippen molar-refractivity contribution in [2.45, 2.75) is 64.3 Å². The van der Waals surface area contributed by atoms with E-state index in [2.05, 4.69) is 21.3 Å². The van der Waals surface area contributed by atoms with Gasteiger partial charge in [-0.1, -0.05) is 12.1 Å². The minimum Gasteiger partial charge on any atom is -0.492 e. The second kappa shape index (κ2) is 18.1. The fourth-order valence-corrected chi connectivity index (χ4v) is 5.30. The first-order valence-electron chi connectivity index (χ1n) is 16.2. The number of benzene rings is 2. The number of nitrogens with zero attached hydrogens (tertiary/aromatic N) is 1. The second-order valence-electron chi connectivity index (χ2n) is 12.0. The summed E-state index contributed by atoms with van der Waals surface area (Å²) in [6, 6.07) is 4.03. The van der Waals surface area contributed by atoms with Crippen LogP contribution in [0.1, 0.15) is 44.9 Å². The number of ketones is 1. The van der Waals surface area contributed by atoms with Crippen molar-refractivity contribution >= 4 is 35.3 Å². The van der Waals surface area contributed by atoms with Gasteiger partial charge in [0.15, 0.2) is 5.78 Å². The summed E-state index contributed by atoms with van der Waals surface area (Å²) in [6.07, 6.45) is -0.00270. The normalized spacial score (nSPS) is 18.7. The third kappa shape index (κ3) is 9.99. The third-order valence-corrected chi connectivity index (χ3v) is 8.04. The number of carbonyl (C=O) groups excluding carboxylic acids is 6. The van der Waals surface area contributed by atoms with Crippen LogP contribution in [-0.2, 0) is 35.2 Å². The third-order valence-electron chi connectivity index (χ3n) is 8.04. The van der Waals surface area contributed by atoms with E-state index < -0.39 is 66.4 Å². The zero-order valence-corrected chi connectivity index (χ0v) is 28.9. The fraction of sp³-hybridized carbons (Fsp3) is 0.471. The first kappa shape index (κ1) is 39.4. The Balaban J connectivity index is 2.31. The number of aliphatic hydroxyl groups is 1. The van der Waals surface area contributed by atoms with E-state index in [1.54, 1.807) is 36.4 Å². The highest BCUT2D eigenvalue weighted by molar-refractivity contribution is 5.97. The van der Waals surface area contributed by atoms with E-state index in [-0.39, 0.29) is 38.5 Å². The molecule has 0 aromatic heterocycles. The molecule has 9 N–H and O–H groups in total. The molecule has 16 heteroatoms. The van der Waals surface area contributed by atoms with Gasteiger partial charge in [0.1, 0.15) is 48.9 Å². The van der Waals surface area contributed by atoms with Crippen LogP contribution < -0.4 is 42.2 Å². The Morgan fingerprint density at radius 1 is 0.940 bits per heavy atom. The number of hydrogen-bond donors (Lipinski definition) is 7. The minimum absolute atomic E-state index is 0.00270. The van der Waals surface area contributed by atoms with Crippen LogP contribution in [0, 0.1) is 0 Å². The Labute approximate surface area is 290 Å². The molecule has 1 aliphatic heterocycles. The maximum Gasteiger partial charge on any atom is 0.248 e. The number of rotatable bonds is 13. The highest BCUT2D eigenvalue weighted by Crippen LogP contribution is 2.40. The topological polar surface area (TPSA) is 245 Å². The fourth-order valence-electron chi connectivity index (χ4n) is 5.30. The van der Waals surface area contributed by atoms with Gasteiger partial charge in [0.05, 0.1) is 12.6 Å². The van der Waals surface area contributed by atoms with Crippen molar-refractivity contribution in [2.75, 3.05) is 40.0 Å². The molecule has 0 spiro atoms. The molecular formula is C34H47N7O9. The van der Waals surface area contributed by atoms with Gasteiger partial charge in [-0.3, -0.25) is 28.8 Å². The van der Waals surface area contributed by atoms with Gasteiger partial charge in [0, 0.05) is 44.6 Å². The van der Waals surface area contributed by atoms with E-state index in [9.17, 15) is 33.9 Å². The molecule has 1 heterocycles. The summed E-state index contributed by atoms with van der Waals surface area (Å²) in [7, 11) is 1.33. The first-order valence-corrected chi connectivity index (χ1v) is 16.2. The quantitative estimate of drug-likeness (QED) is 0.129. The summed E-state index contributed by atoms with van der Waals surface area (Å²) < 4.78 is 12.0. The lowest BCUT2D eigenvalue weighted by Crippen LogP contribution is -2.57. The maximum atomic E-state index is 14.1. The number of ether oxygens (including phenoxy) is 2. The Morgan fingerprint density at radius 2 is 1.54 bits per heavy atom. The van der Waals surface area contributed by atoms with Crippen LogP contribution in [0.4, 0.5) is 0 Å². The zero-order chi connectivity index (χ0) is 37.1. The average Bonchev–Trinajstić information content (AvgIpc) is 3.07. The molecule has 1 aliphatic rings. The molecule has 50 heavy (non-hydrogen) atoms. The molecular weight excluding hydrogens is 650 g/mol. The number of nitrogens with two attached hydrogens (primary N) is 2. The lowest BCUT2D eigenvalue weighted by atomic mass is 9.93. The van der Waals surface area contributed by atoms with E-state index in [1.165, 1.54) is 34.7 Å². The van der Waals surface area contributed by atoms with Gasteiger partial charge in [0.2, 0.25) is 29.5 Å². The van der Waals surface area contributed by atoms with Gasteiger partial charge in [0.25, 0.3) is 0 Å². The highest BCUT2D eigenvalue weighted by atomic mass is 16.5. The predicted octanol–water partition coefficient (Wildman–Crippen LogP) is -1.34. The summed E-state index contributed by atoms with van der Waals surface area (Å²) in [4.78, 5) is 79.4. The molecule has 0 aliphatic carbocycles. The van der Waals surface area contributed by atoms with Gasteiger partial charge >= 0.3 is 0 Å². The van der Waals surface area contributed by atoms with E-state index in [0.717, 1.165) is 4.90 Å². The Hall–Kier alpha value is -5.06. The monoisotopic (exact) mass is 697 g/mol. The van der Waals surface area contributed by atoms with E-state index >= 15 is 0 Å². The van der Waals surface area contributed by atoms with Crippen LogP contribution in [-0.4, -0.2) is 109 Å². The first-order chi connectivity index (χ1) is 23.7. The molecule has 0 fully saturated rings. The molecule has 16 nitrogen and oxygen atoms in total.